The maximum atomic E-state index is 4.65. The van der Waals surface area contributed by atoms with Gasteiger partial charge in [-0.15, -0.1) is 11.8 Å². The van der Waals surface area contributed by atoms with Crippen molar-refractivity contribution in [3.05, 3.63) is 0 Å². The lowest BCUT2D eigenvalue weighted by atomic mass is 9.59. The molecule has 0 amide bonds. The summed E-state index contributed by atoms with van der Waals surface area (Å²) < 4.78 is 0. The maximum absolute atomic E-state index is 4.65. The van der Waals surface area contributed by atoms with Crippen LogP contribution in [0.3, 0.4) is 0 Å². The molecular formula is C9H15NS. The second kappa shape index (κ2) is 2.25. The van der Waals surface area contributed by atoms with Crippen LogP contribution in [-0.2, 0) is 0 Å². The highest BCUT2D eigenvalue weighted by atomic mass is 32.2. The first-order chi connectivity index (χ1) is 5.13. The first kappa shape index (κ1) is 7.66. The molecule has 1 aliphatic heterocycles. The zero-order valence-electron chi connectivity index (χ0n) is 7.42. The van der Waals surface area contributed by atoms with Crippen molar-refractivity contribution in [1.82, 2.24) is 0 Å². The molecule has 0 unspecified atom stereocenters. The minimum Gasteiger partial charge on any atom is -0.279 e. The monoisotopic (exact) mass is 169 g/mol. The van der Waals surface area contributed by atoms with E-state index in [-0.39, 0.29) is 0 Å². The number of hydrogen-bond acceptors (Lipinski definition) is 2. The molecule has 0 aromatic carbocycles. The number of hydrogen-bond donors (Lipinski definition) is 0. The van der Waals surface area contributed by atoms with Crippen LogP contribution in [0.2, 0.25) is 0 Å². The Hall–Kier alpha value is 0.0200. The Morgan fingerprint density at radius 3 is 2.73 bits per heavy atom. The highest BCUT2D eigenvalue weighted by molar-refractivity contribution is 8.13. The van der Waals surface area contributed by atoms with E-state index in [0.29, 0.717) is 11.5 Å². The summed E-state index contributed by atoms with van der Waals surface area (Å²) in [6, 6.07) is 0.687. The Morgan fingerprint density at radius 1 is 1.55 bits per heavy atom. The standard InChI is InChI=1S/C9H15NS/c1-9(2)5-7-6(9)4-8(10-7)11-3/h6-7H,4-5H2,1-3H3/t6-,7+/m0/s1. The summed E-state index contributed by atoms with van der Waals surface area (Å²) in [4.78, 5) is 4.65. The molecule has 1 aliphatic carbocycles. The molecule has 0 aromatic heterocycles. The summed E-state index contributed by atoms with van der Waals surface area (Å²) in [6.45, 7) is 4.74. The number of rotatable bonds is 0. The van der Waals surface area contributed by atoms with Gasteiger partial charge < -0.3 is 0 Å². The van der Waals surface area contributed by atoms with Crippen LogP contribution in [-0.4, -0.2) is 17.3 Å². The van der Waals surface area contributed by atoms with Gasteiger partial charge in [-0.1, -0.05) is 13.8 Å². The van der Waals surface area contributed by atoms with Gasteiger partial charge in [-0.2, -0.15) is 0 Å². The highest BCUT2D eigenvalue weighted by Gasteiger charge is 2.50. The number of aliphatic imine (C=N–C) groups is 1. The van der Waals surface area contributed by atoms with Crippen molar-refractivity contribution in [1.29, 1.82) is 0 Å². The van der Waals surface area contributed by atoms with Crippen LogP contribution in [0.25, 0.3) is 0 Å². The quantitative estimate of drug-likeness (QED) is 0.543. The summed E-state index contributed by atoms with van der Waals surface area (Å²) in [5, 5.41) is 1.38. The average Bonchev–Trinajstić information content (AvgIpc) is 2.27. The molecule has 0 saturated heterocycles. The van der Waals surface area contributed by atoms with Crippen molar-refractivity contribution in [2.45, 2.75) is 32.7 Å². The molecule has 2 rings (SSSR count). The van der Waals surface area contributed by atoms with E-state index in [1.807, 2.05) is 11.8 Å². The predicted molar refractivity (Wildman–Crippen MR) is 51.2 cm³/mol. The van der Waals surface area contributed by atoms with Gasteiger partial charge in [-0.05, 0) is 24.0 Å². The number of thioether (sulfide) groups is 1. The molecule has 1 nitrogen and oxygen atoms in total. The second-order valence-electron chi connectivity index (χ2n) is 4.30. The molecular weight excluding hydrogens is 154 g/mol. The average molecular weight is 169 g/mol. The Bertz CT molecular complexity index is 208. The van der Waals surface area contributed by atoms with Gasteiger partial charge in [0.05, 0.1) is 11.1 Å². The van der Waals surface area contributed by atoms with Crippen molar-refractivity contribution in [3.8, 4) is 0 Å². The normalized spacial score (nSPS) is 39.4. The fourth-order valence-corrected chi connectivity index (χ4v) is 2.89. The third kappa shape index (κ3) is 1.03. The van der Waals surface area contributed by atoms with Crippen molar-refractivity contribution < 1.29 is 0 Å². The molecule has 2 heteroatoms. The molecule has 2 atom stereocenters. The molecule has 0 radical (unpaired) electrons. The van der Waals surface area contributed by atoms with Gasteiger partial charge in [0, 0.05) is 6.42 Å². The summed E-state index contributed by atoms with van der Waals surface area (Å²) in [5.41, 5.74) is 0.575. The molecule has 62 valence electrons. The van der Waals surface area contributed by atoms with E-state index in [1.54, 1.807) is 0 Å². The van der Waals surface area contributed by atoms with Crippen LogP contribution < -0.4 is 0 Å². The van der Waals surface area contributed by atoms with Crippen LogP contribution in [0.5, 0.6) is 0 Å². The summed E-state index contributed by atoms with van der Waals surface area (Å²) >= 11 is 1.83. The van der Waals surface area contributed by atoms with Gasteiger partial charge in [0.25, 0.3) is 0 Å². The first-order valence-corrected chi connectivity index (χ1v) is 5.46. The lowest BCUT2D eigenvalue weighted by Gasteiger charge is -2.46. The second-order valence-corrected chi connectivity index (χ2v) is 5.18. The molecule has 0 spiro atoms. The van der Waals surface area contributed by atoms with E-state index in [0.717, 1.165) is 5.92 Å². The van der Waals surface area contributed by atoms with Crippen molar-refractivity contribution in [3.63, 3.8) is 0 Å². The Kier molecular flexibility index (Phi) is 1.57. The topological polar surface area (TPSA) is 12.4 Å². The van der Waals surface area contributed by atoms with E-state index in [2.05, 4.69) is 25.1 Å². The van der Waals surface area contributed by atoms with Crippen LogP contribution in [0.4, 0.5) is 0 Å². The number of nitrogens with zero attached hydrogens (tertiary/aromatic N) is 1. The minimum atomic E-state index is 0.575. The molecule has 1 saturated carbocycles. The fourth-order valence-electron chi connectivity index (χ4n) is 2.30. The van der Waals surface area contributed by atoms with E-state index in [4.69, 9.17) is 0 Å². The van der Waals surface area contributed by atoms with E-state index in [9.17, 15) is 0 Å². The van der Waals surface area contributed by atoms with Crippen LogP contribution >= 0.6 is 11.8 Å². The first-order valence-electron chi connectivity index (χ1n) is 4.24. The maximum Gasteiger partial charge on any atom is 0.0680 e. The molecule has 0 aromatic rings. The summed E-state index contributed by atoms with van der Waals surface area (Å²) in [6.07, 6.45) is 4.69. The van der Waals surface area contributed by atoms with Gasteiger partial charge >= 0.3 is 0 Å². The van der Waals surface area contributed by atoms with Gasteiger partial charge in [0.1, 0.15) is 0 Å². The summed E-state index contributed by atoms with van der Waals surface area (Å²) in [7, 11) is 0. The van der Waals surface area contributed by atoms with Gasteiger partial charge in [0.15, 0.2) is 0 Å². The van der Waals surface area contributed by atoms with Crippen molar-refractivity contribution in [2.24, 2.45) is 16.3 Å². The Labute approximate surface area is 72.7 Å². The lowest BCUT2D eigenvalue weighted by Crippen LogP contribution is -2.44. The molecule has 2 aliphatic rings. The smallest absolute Gasteiger partial charge is 0.0680 e. The van der Waals surface area contributed by atoms with Gasteiger partial charge in [0.2, 0.25) is 0 Å². The summed E-state index contributed by atoms with van der Waals surface area (Å²) in [5.74, 6) is 0.866. The third-order valence-electron chi connectivity index (χ3n) is 3.14. The fraction of sp³-hybridized carbons (Fsp3) is 0.889. The SMILES string of the molecule is CSC1=N[C@@H]2CC(C)(C)[C@H]2C1. The molecule has 0 bridgehead atoms. The van der Waals surface area contributed by atoms with Gasteiger partial charge in [-0.25, -0.2) is 0 Å². The zero-order chi connectivity index (χ0) is 8.06. The van der Waals surface area contributed by atoms with Crippen molar-refractivity contribution >= 4 is 16.8 Å². The molecule has 1 heterocycles. The highest BCUT2D eigenvalue weighted by Crippen LogP contribution is 2.53. The van der Waals surface area contributed by atoms with Crippen LogP contribution in [0, 0.1) is 11.3 Å². The van der Waals surface area contributed by atoms with Crippen molar-refractivity contribution in [2.75, 3.05) is 6.26 Å². The van der Waals surface area contributed by atoms with Crippen LogP contribution in [0.1, 0.15) is 26.7 Å². The Balaban J connectivity index is 2.07. The minimum absolute atomic E-state index is 0.575. The van der Waals surface area contributed by atoms with Gasteiger partial charge in [-0.3, -0.25) is 4.99 Å². The largest absolute Gasteiger partial charge is 0.279 e. The zero-order valence-corrected chi connectivity index (χ0v) is 8.24. The third-order valence-corrected chi connectivity index (χ3v) is 3.89. The number of fused-ring (bicyclic) bond motifs is 1. The van der Waals surface area contributed by atoms with E-state index >= 15 is 0 Å². The van der Waals surface area contributed by atoms with E-state index in [1.165, 1.54) is 17.9 Å². The molecule has 11 heavy (non-hydrogen) atoms. The van der Waals surface area contributed by atoms with Crippen LogP contribution in [0.15, 0.2) is 4.99 Å². The molecule has 1 fully saturated rings. The molecule has 0 N–H and O–H groups in total. The Morgan fingerprint density at radius 2 is 2.27 bits per heavy atom. The lowest BCUT2D eigenvalue weighted by molar-refractivity contribution is 0.0604. The predicted octanol–water partition coefficient (Wildman–Crippen LogP) is 2.57. The van der Waals surface area contributed by atoms with E-state index < -0.39 is 0 Å².